The van der Waals surface area contributed by atoms with E-state index in [0.29, 0.717) is 29.1 Å². The molecule has 1 aliphatic rings. The Morgan fingerprint density at radius 3 is 2.92 bits per heavy atom. The number of halogens is 2. The number of carbonyl (C=O) groups excluding carboxylic acids is 1. The molecule has 1 saturated heterocycles. The lowest BCUT2D eigenvalue weighted by Gasteiger charge is -2.22. The number of carbonyl (C=O) groups is 1. The molecule has 0 radical (unpaired) electrons. The summed E-state index contributed by atoms with van der Waals surface area (Å²) in [5, 5.41) is 10.7. The summed E-state index contributed by atoms with van der Waals surface area (Å²) in [6.45, 7) is 2.36. The molecular weight excluding hydrogens is 363 g/mol. The predicted molar refractivity (Wildman–Crippen MR) is 98.7 cm³/mol. The van der Waals surface area contributed by atoms with Crippen LogP contribution in [0.3, 0.4) is 0 Å². The molecule has 0 bridgehead atoms. The van der Waals surface area contributed by atoms with Crippen molar-refractivity contribution in [2.24, 2.45) is 5.92 Å². The van der Waals surface area contributed by atoms with Crippen molar-refractivity contribution in [2.45, 2.75) is 32.2 Å². The SMILES string of the molecule is Cl.O=C(CCC1CCNCC1)NCc1nc(-c2cccc(Cl)c2)no1. The van der Waals surface area contributed by atoms with E-state index in [4.69, 9.17) is 16.1 Å². The van der Waals surface area contributed by atoms with Crippen molar-refractivity contribution in [3.05, 3.63) is 35.2 Å². The molecule has 0 spiro atoms. The average Bonchev–Trinajstić information content (AvgIpc) is 3.08. The van der Waals surface area contributed by atoms with Gasteiger partial charge in [-0.05, 0) is 50.4 Å². The van der Waals surface area contributed by atoms with E-state index in [1.165, 1.54) is 0 Å². The predicted octanol–water partition coefficient (Wildman–Crippen LogP) is 3.21. The summed E-state index contributed by atoms with van der Waals surface area (Å²) < 4.78 is 5.18. The number of nitrogens with one attached hydrogen (secondary N) is 2. The van der Waals surface area contributed by atoms with Crippen LogP contribution in [0, 0.1) is 5.92 Å². The number of rotatable bonds is 6. The maximum absolute atomic E-state index is 11.9. The van der Waals surface area contributed by atoms with Gasteiger partial charge >= 0.3 is 0 Å². The molecule has 25 heavy (non-hydrogen) atoms. The van der Waals surface area contributed by atoms with Crippen molar-refractivity contribution in [1.29, 1.82) is 0 Å². The first kappa shape index (κ1) is 19.7. The maximum Gasteiger partial charge on any atom is 0.246 e. The van der Waals surface area contributed by atoms with Crippen molar-refractivity contribution in [2.75, 3.05) is 13.1 Å². The number of benzene rings is 1. The maximum atomic E-state index is 11.9. The van der Waals surface area contributed by atoms with Gasteiger partial charge in [0.25, 0.3) is 0 Å². The van der Waals surface area contributed by atoms with E-state index in [1.807, 2.05) is 12.1 Å². The fourth-order valence-electron chi connectivity index (χ4n) is 2.84. The van der Waals surface area contributed by atoms with Crippen molar-refractivity contribution in [3.8, 4) is 11.4 Å². The molecule has 1 amide bonds. The number of piperidine rings is 1. The molecule has 1 aromatic heterocycles. The molecule has 3 rings (SSSR count). The minimum atomic E-state index is 0. The number of hydrogen-bond acceptors (Lipinski definition) is 5. The van der Waals surface area contributed by atoms with Gasteiger partial charge in [-0.1, -0.05) is 28.9 Å². The van der Waals surface area contributed by atoms with Crippen LogP contribution in [-0.4, -0.2) is 29.1 Å². The van der Waals surface area contributed by atoms with Gasteiger partial charge in [0.05, 0.1) is 6.54 Å². The van der Waals surface area contributed by atoms with Gasteiger partial charge in [-0.2, -0.15) is 4.98 Å². The molecule has 1 aliphatic heterocycles. The summed E-state index contributed by atoms with van der Waals surface area (Å²) in [6, 6.07) is 7.25. The highest BCUT2D eigenvalue weighted by atomic mass is 35.5. The third-order valence-electron chi connectivity index (χ3n) is 4.23. The van der Waals surface area contributed by atoms with Gasteiger partial charge in [0.2, 0.25) is 17.6 Å². The number of nitrogens with zero attached hydrogens (tertiary/aromatic N) is 2. The largest absolute Gasteiger partial charge is 0.347 e. The van der Waals surface area contributed by atoms with Crippen LogP contribution in [0.1, 0.15) is 31.6 Å². The van der Waals surface area contributed by atoms with E-state index >= 15 is 0 Å². The molecule has 0 atom stereocenters. The van der Waals surface area contributed by atoms with Gasteiger partial charge in [0.15, 0.2) is 0 Å². The lowest BCUT2D eigenvalue weighted by Crippen LogP contribution is -2.29. The van der Waals surface area contributed by atoms with Crippen LogP contribution in [0.25, 0.3) is 11.4 Å². The summed E-state index contributed by atoms with van der Waals surface area (Å²) >= 11 is 5.96. The van der Waals surface area contributed by atoms with Crippen molar-refractivity contribution in [3.63, 3.8) is 0 Å². The summed E-state index contributed by atoms with van der Waals surface area (Å²) in [7, 11) is 0. The Morgan fingerprint density at radius 1 is 1.36 bits per heavy atom. The minimum absolute atomic E-state index is 0. The summed E-state index contributed by atoms with van der Waals surface area (Å²) in [5.41, 5.74) is 0.787. The highest BCUT2D eigenvalue weighted by molar-refractivity contribution is 6.30. The number of hydrogen-bond donors (Lipinski definition) is 2. The van der Waals surface area contributed by atoms with Crippen LogP contribution in [0.15, 0.2) is 28.8 Å². The van der Waals surface area contributed by atoms with Crippen LogP contribution >= 0.6 is 24.0 Å². The van der Waals surface area contributed by atoms with Crippen LogP contribution in [-0.2, 0) is 11.3 Å². The van der Waals surface area contributed by atoms with E-state index in [-0.39, 0.29) is 24.9 Å². The first-order valence-electron chi connectivity index (χ1n) is 8.26. The normalized spacial score (nSPS) is 14.8. The molecule has 1 fully saturated rings. The van der Waals surface area contributed by atoms with E-state index < -0.39 is 0 Å². The second kappa shape index (κ2) is 9.75. The second-order valence-electron chi connectivity index (χ2n) is 6.03. The third kappa shape index (κ3) is 5.99. The van der Waals surface area contributed by atoms with Crippen LogP contribution in [0.4, 0.5) is 0 Å². The van der Waals surface area contributed by atoms with Crippen LogP contribution in [0.5, 0.6) is 0 Å². The molecule has 8 heteroatoms. The fraction of sp³-hybridized carbons (Fsp3) is 0.471. The molecular formula is C17H22Cl2N4O2. The van der Waals surface area contributed by atoms with Crippen molar-refractivity contribution in [1.82, 2.24) is 20.8 Å². The molecule has 2 heterocycles. The molecule has 136 valence electrons. The molecule has 2 N–H and O–H groups in total. The molecule has 6 nitrogen and oxygen atoms in total. The Balaban J connectivity index is 0.00000225. The van der Waals surface area contributed by atoms with Gasteiger partial charge < -0.3 is 15.2 Å². The summed E-state index contributed by atoms with van der Waals surface area (Å²) in [4.78, 5) is 16.2. The minimum Gasteiger partial charge on any atom is -0.347 e. The monoisotopic (exact) mass is 384 g/mol. The Labute approximate surface area is 158 Å². The zero-order chi connectivity index (χ0) is 16.8. The fourth-order valence-corrected chi connectivity index (χ4v) is 3.03. The molecule has 0 saturated carbocycles. The summed E-state index contributed by atoms with van der Waals surface area (Å²) in [5.74, 6) is 1.53. The first-order chi connectivity index (χ1) is 11.7. The van der Waals surface area contributed by atoms with E-state index in [0.717, 1.165) is 37.9 Å². The van der Waals surface area contributed by atoms with Gasteiger partial charge in [0.1, 0.15) is 0 Å². The van der Waals surface area contributed by atoms with Crippen molar-refractivity contribution >= 4 is 29.9 Å². The Bertz CT molecular complexity index is 687. The standard InChI is InChI=1S/C17H21ClN4O2.ClH/c18-14-3-1-2-13(10-14)17-21-16(24-22-17)11-20-15(23)5-4-12-6-8-19-9-7-12;/h1-3,10,12,19H,4-9,11H2,(H,20,23);1H. The molecule has 2 aromatic rings. The van der Waals surface area contributed by atoms with E-state index in [1.54, 1.807) is 12.1 Å². The number of aromatic nitrogens is 2. The highest BCUT2D eigenvalue weighted by Crippen LogP contribution is 2.20. The quantitative estimate of drug-likeness (QED) is 0.798. The summed E-state index contributed by atoms with van der Waals surface area (Å²) in [6.07, 6.45) is 3.78. The lowest BCUT2D eigenvalue weighted by atomic mass is 9.93. The van der Waals surface area contributed by atoms with Gasteiger partial charge in [0, 0.05) is 17.0 Å². The topological polar surface area (TPSA) is 80.0 Å². The number of amides is 1. The van der Waals surface area contributed by atoms with Crippen molar-refractivity contribution < 1.29 is 9.32 Å². The molecule has 0 aliphatic carbocycles. The second-order valence-corrected chi connectivity index (χ2v) is 6.47. The van der Waals surface area contributed by atoms with Crippen LogP contribution < -0.4 is 10.6 Å². The highest BCUT2D eigenvalue weighted by Gasteiger charge is 2.15. The van der Waals surface area contributed by atoms with Gasteiger partial charge in [-0.3, -0.25) is 4.79 Å². The molecule has 1 aromatic carbocycles. The molecule has 0 unspecified atom stereocenters. The third-order valence-corrected chi connectivity index (χ3v) is 4.46. The zero-order valence-corrected chi connectivity index (χ0v) is 15.4. The Morgan fingerprint density at radius 2 is 2.16 bits per heavy atom. The first-order valence-corrected chi connectivity index (χ1v) is 8.64. The smallest absolute Gasteiger partial charge is 0.246 e. The van der Waals surface area contributed by atoms with Gasteiger partial charge in [-0.25, -0.2) is 0 Å². The van der Waals surface area contributed by atoms with E-state index in [9.17, 15) is 4.79 Å². The lowest BCUT2D eigenvalue weighted by molar-refractivity contribution is -0.121. The van der Waals surface area contributed by atoms with Crippen LogP contribution in [0.2, 0.25) is 5.02 Å². The Kier molecular flexibility index (Phi) is 7.68. The Hall–Kier alpha value is -1.63. The van der Waals surface area contributed by atoms with Gasteiger partial charge in [-0.15, -0.1) is 12.4 Å². The average molecular weight is 385 g/mol. The van der Waals surface area contributed by atoms with E-state index in [2.05, 4.69) is 20.8 Å². The zero-order valence-electron chi connectivity index (χ0n) is 13.8.